The smallest absolute Gasteiger partial charge is 0.302 e. The highest BCUT2D eigenvalue weighted by atomic mass is 16.5. The number of carbonyl (C=O) groups is 1. The predicted octanol–water partition coefficient (Wildman–Crippen LogP) is 3.46. The second-order valence-electron chi connectivity index (χ2n) is 5.23. The monoisotopic (exact) mass is 256 g/mol. The van der Waals surface area contributed by atoms with Crippen LogP contribution in [0.4, 0.5) is 0 Å². The SMILES string of the molecule is C=CC(C)(CO)CCCCCCCCOC(C)=O. The van der Waals surface area contributed by atoms with Crippen molar-refractivity contribution in [3.05, 3.63) is 12.7 Å². The van der Waals surface area contributed by atoms with Gasteiger partial charge in [-0.25, -0.2) is 0 Å². The first-order valence-corrected chi connectivity index (χ1v) is 6.92. The maximum Gasteiger partial charge on any atom is 0.302 e. The van der Waals surface area contributed by atoms with Crippen molar-refractivity contribution in [1.29, 1.82) is 0 Å². The van der Waals surface area contributed by atoms with E-state index >= 15 is 0 Å². The molecule has 0 heterocycles. The number of aliphatic hydroxyl groups is 1. The summed E-state index contributed by atoms with van der Waals surface area (Å²) in [6.45, 7) is 7.98. The number of hydrogen-bond acceptors (Lipinski definition) is 3. The summed E-state index contributed by atoms with van der Waals surface area (Å²) in [5, 5.41) is 9.22. The summed E-state index contributed by atoms with van der Waals surface area (Å²) in [6.07, 6.45) is 9.65. The van der Waals surface area contributed by atoms with Crippen molar-refractivity contribution in [2.24, 2.45) is 5.41 Å². The minimum atomic E-state index is -0.192. The van der Waals surface area contributed by atoms with Crippen molar-refractivity contribution in [2.75, 3.05) is 13.2 Å². The van der Waals surface area contributed by atoms with E-state index in [1.807, 2.05) is 13.0 Å². The lowest BCUT2D eigenvalue weighted by Gasteiger charge is -2.22. The van der Waals surface area contributed by atoms with E-state index in [1.165, 1.54) is 26.2 Å². The molecule has 0 aromatic heterocycles. The van der Waals surface area contributed by atoms with Crippen LogP contribution in [0.1, 0.15) is 58.8 Å². The normalized spacial score (nSPS) is 13.9. The molecule has 0 radical (unpaired) electrons. The maximum absolute atomic E-state index is 10.5. The molecule has 0 fully saturated rings. The van der Waals surface area contributed by atoms with Gasteiger partial charge in [0, 0.05) is 12.3 Å². The van der Waals surface area contributed by atoms with Crippen molar-refractivity contribution in [3.8, 4) is 0 Å². The molecule has 0 saturated carbocycles. The third-order valence-corrected chi connectivity index (χ3v) is 3.30. The number of aliphatic hydroxyl groups excluding tert-OH is 1. The van der Waals surface area contributed by atoms with Gasteiger partial charge in [-0.3, -0.25) is 4.79 Å². The van der Waals surface area contributed by atoms with Gasteiger partial charge in [0.15, 0.2) is 0 Å². The molecule has 0 amide bonds. The van der Waals surface area contributed by atoms with Gasteiger partial charge >= 0.3 is 5.97 Å². The zero-order valence-corrected chi connectivity index (χ0v) is 11.9. The lowest BCUT2D eigenvalue weighted by molar-refractivity contribution is -0.141. The minimum absolute atomic E-state index is 0.116. The highest BCUT2D eigenvalue weighted by Crippen LogP contribution is 2.25. The second-order valence-corrected chi connectivity index (χ2v) is 5.23. The number of carbonyl (C=O) groups excluding carboxylic acids is 1. The summed E-state index contributed by atoms with van der Waals surface area (Å²) in [5.74, 6) is -0.192. The van der Waals surface area contributed by atoms with Crippen molar-refractivity contribution in [3.63, 3.8) is 0 Å². The molecule has 0 spiro atoms. The Bertz CT molecular complexity index is 238. The molecule has 0 rings (SSSR count). The van der Waals surface area contributed by atoms with Gasteiger partial charge < -0.3 is 9.84 Å². The Hall–Kier alpha value is -0.830. The highest BCUT2D eigenvalue weighted by molar-refractivity contribution is 5.65. The van der Waals surface area contributed by atoms with Crippen LogP contribution in [0, 0.1) is 5.41 Å². The summed E-state index contributed by atoms with van der Waals surface area (Å²) < 4.78 is 4.87. The molecule has 0 aromatic carbocycles. The Morgan fingerprint density at radius 1 is 1.22 bits per heavy atom. The molecule has 0 aliphatic carbocycles. The number of ether oxygens (including phenoxy) is 1. The first kappa shape index (κ1) is 17.2. The zero-order chi connectivity index (χ0) is 13.9. The zero-order valence-electron chi connectivity index (χ0n) is 11.9. The summed E-state index contributed by atoms with van der Waals surface area (Å²) in [5.41, 5.74) is -0.116. The second kappa shape index (κ2) is 10.1. The van der Waals surface area contributed by atoms with Crippen LogP contribution in [0.5, 0.6) is 0 Å². The molecule has 1 N–H and O–H groups in total. The van der Waals surface area contributed by atoms with Crippen molar-refractivity contribution >= 4 is 5.97 Å². The molecule has 3 nitrogen and oxygen atoms in total. The van der Waals surface area contributed by atoms with Gasteiger partial charge in [0.1, 0.15) is 0 Å². The molecule has 0 aliphatic rings. The molecule has 0 saturated heterocycles. The molecular formula is C15H28O3. The molecule has 0 aromatic rings. The van der Waals surface area contributed by atoms with E-state index in [1.54, 1.807) is 0 Å². The first-order chi connectivity index (χ1) is 8.54. The van der Waals surface area contributed by atoms with Crippen LogP contribution < -0.4 is 0 Å². The van der Waals surface area contributed by atoms with Crippen LogP contribution in [0.15, 0.2) is 12.7 Å². The van der Waals surface area contributed by atoms with E-state index in [0.29, 0.717) is 6.61 Å². The fourth-order valence-corrected chi connectivity index (χ4v) is 1.80. The first-order valence-electron chi connectivity index (χ1n) is 6.92. The number of rotatable bonds is 11. The quantitative estimate of drug-likeness (QED) is 0.350. The minimum Gasteiger partial charge on any atom is -0.466 e. The van der Waals surface area contributed by atoms with Gasteiger partial charge in [-0.15, -0.1) is 6.58 Å². The van der Waals surface area contributed by atoms with E-state index in [4.69, 9.17) is 4.74 Å². The van der Waals surface area contributed by atoms with Crippen LogP contribution in [-0.2, 0) is 9.53 Å². The van der Waals surface area contributed by atoms with Crippen molar-refractivity contribution in [1.82, 2.24) is 0 Å². The maximum atomic E-state index is 10.5. The van der Waals surface area contributed by atoms with Gasteiger partial charge in [-0.2, -0.15) is 0 Å². The van der Waals surface area contributed by atoms with E-state index in [9.17, 15) is 9.90 Å². The van der Waals surface area contributed by atoms with Gasteiger partial charge in [0.25, 0.3) is 0 Å². The van der Waals surface area contributed by atoms with Gasteiger partial charge in [0.2, 0.25) is 0 Å². The van der Waals surface area contributed by atoms with Crippen LogP contribution in [0.3, 0.4) is 0 Å². The Labute approximate surface area is 111 Å². The molecule has 1 unspecified atom stereocenters. The number of hydrogen-bond donors (Lipinski definition) is 1. The fourth-order valence-electron chi connectivity index (χ4n) is 1.80. The predicted molar refractivity (Wildman–Crippen MR) is 74.3 cm³/mol. The topological polar surface area (TPSA) is 46.5 Å². The van der Waals surface area contributed by atoms with E-state index < -0.39 is 0 Å². The van der Waals surface area contributed by atoms with Crippen LogP contribution in [0.2, 0.25) is 0 Å². The number of esters is 1. The van der Waals surface area contributed by atoms with Crippen LogP contribution in [-0.4, -0.2) is 24.3 Å². The van der Waals surface area contributed by atoms with Gasteiger partial charge in [-0.1, -0.05) is 45.1 Å². The van der Waals surface area contributed by atoms with Gasteiger partial charge in [-0.05, 0) is 12.8 Å². The van der Waals surface area contributed by atoms with Crippen molar-refractivity contribution in [2.45, 2.75) is 58.8 Å². The average Bonchev–Trinajstić information content (AvgIpc) is 2.36. The van der Waals surface area contributed by atoms with Crippen LogP contribution in [0.25, 0.3) is 0 Å². The Kier molecular flexibility index (Phi) is 9.66. The summed E-state index contributed by atoms with van der Waals surface area (Å²) in [4.78, 5) is 10.5. The Morgan fingerprint density at radius 3 is 2.28 bits per heavy atom. The molecular weight excluding hydrogens is 228 g/mol. The van der Waals surface area contributed by atoms with Crippen LogP contribution >= 0.6 is 0 Å². The summed E-state index contributed by atoms with van der Waals surface area (Å²) in [6, 6.07) is 0. The molecule has 18 heavy (non-hydrogen) atoms. The highest BCUT2D eigenvalue weighted by Gasteiger charge is 2.17. The average molecular weight is 256 g/mol. The van der Waals surface area contributed by atoms with E-state index in [-0.39, 0.29) is 18.0 Å². The fraction of sp³-hybridized carbons (Fsp3) is 0.800. The van der Waals surface area contributed by atoms with E-state index in [2.05, 4.69) is 6.58 Å². The third-order valence-electron chi connectivity index (χ3n) is 3.30. The summed E-state index contributed by atoms with van der Waals surface area (Å²) >= 11 is 0. The lowest BCUT2D eigenvalue weighted by Crippen LogP contribution is -2.17. The Morgan fingerprint density at radius 2 is 1.78 bits per heavy atom. The van der Waals surface area contributed by atoms with E-state index in [0.717, 1.165) is 25.7 Å². The molecule has 1 atom stereocenters. The Balaban J connectivity index is 3.31. The third kappa shape index (κ3) is 9.23. The largest absolute Gasteiger partial charge is 0.466 e. The number of unbranched alkanes of at least 4 members (excludes halogenated alkanes) is 5. The standard InChI is InChI=1S/C15H28O3/c1-4-15(3,13-16)11-9-7-5-6-8-10-12-18-14(2)17/h4,16H,1,5-13H2,2-3H3. The molecule has 0 bridgehead atoms. The lowest BCUT2D eigenvalue weighted by atomic mass is 9.85. The molecule has 3 heteroatoms. The molecule has 0 aliphatic heterocycles. The van der Waals surface area contributed by atoms with Gasteiger partial charge in [0.05, 0.1) is 13.2 Å². The molecule has 106 valence electrons. The summed E-state index contributed by atoms with van der Waals surface area (Å²) in [7, 11) is 0. The van der Waals surface area contributed by atoms with Crippen molar-refractivity contribution < 1.29 is 14.6 Å².